The minimum atomic E-state index is -1.12. The van der Waals surface area contributed by atoms with E-state index in [1.165, 1.54) is 0 Å². The molecule has 1 aliphatic heterocycles. The van der Waals surface area contributed by atoms with Crippen molar-refractivity contribution in [3.8, 4) is 5.75 Å². The number of hydrogen-bond donors (Lipinski definition) is 1. The fourth-order valence-corrected chi connectivity index (χ4v) is 1.53. The first-order valence-corrected chi connectivity index (χ1v) is 4.84. The van der Waals surface area contributed by atoms with Gasteiger partial charge in [0.15, 0.2) is 5.78 Å². The molecule has 1 aromatic rings. The largest absolute Gasteiger partial charge is 0.488 e. The Morgan fingerprint density at radius 1 is 1.31 bits per heavy atom. The number of rotatable bonds is 3. The molecular formula is C12H10O4. The second-order valence-corrected chi connectivity index (χ2v) is 3.49. The minimum Gasteiger partial charge on any atom is -0.488 e. The number of fused-ring (bicyclic) bond motifs is 1. The first-order valence-electron chi connectivity index (χ1n) is 4.84. The summed E-state index contributed by atoms with van der Waals surface area (Å²) in [7, 11) is 0. The summed E-state index contributed by atoms with van der Waals surface area (Å²) in [5.41, 5.74) is 1.21. The topological polar surface area (TPSA) is 63.6 Å². The van der Waals surface area contributed by atoms with Crippen LogP contribution in [0.1, 0.15) is 12.0 Å². The van der Waals surface area contributed by atoms with Crippen LogP contribution < -0.4 is 4.74 Å². The molecule has 2 rings (SSSR count). The molecule has 0 amide bonds. The molecule has 0 atom stereocenters. The van der Waals surface area contributed by atoms with E-state index in [2.05, 4.69) is 0 Å². The lowest BCUT2D eigenvalue weighted by Gasteiger charge is -2.16. The Labute approximate surface area is 92.2 Å². The molecular weight excluding hydrogens is 208 g/mol. The van der Waals surface area contributed by atoms with E-state index in [0.29, 0.717) is 5.57 Å². The number of carbonyl (C=O) groups is 2. The summed E-state index contributed by atoms with van der Waals surface area (Å²) in [5, 5.41) is 8.52. The van der Waals surface area contributed by atoms with Crippen LogP contribution in [0, 0.1) is 0 Å². The molecule has 0 bridgehead atoms. The van der Waals surface area contributed by atoms with Gasteiger partial charge in [-0.1, -0.05) is 18.2 Å². The first kappa shape index (κ1) is 10.4. The van der Waals surface area contributed by atoms with E-state index < -0.39 is 18.2 Å². The average Bonchev–Trinajstić information content (AvgIpc) is 2.27. The predicted molar refractivity (Wildman–Crippen MR) is 57.2 cm³/mol. The van der Waals surface area contributed by atoms with Gasteiger partial charge in [0, 0.05) is 11.1 Å². The molecule has 1 N–H and O–H groups in total. The maximum absolute atomic E-state index is 11.5. The maximum Gasteiger partial charge on any atom is 0.311 e. The Balaban J connectivity index is 2.24. The van der Waals surface area contributed by atoms with Crippen LogP contribution in [0.5, 0.6) is 5.75 Å². The maximum atomic E-state index is 11.5. The fraction of sp³-hybridized carbons (Fsp3) is 0.167. The van der Waals surface area contributed by atoms with E-state index in [1.54, 1.807) is 6.08 Å². The van der Waals surface area contributed by atoms with Crippen molar-refractivity contribution < 1.29 is 19.4 Å². The third-order valence-corrected chi connectivity index (χ3v) is 2.30. The molecule has 1 heterocycles. The van der Waals surface area contributed by atoms with Crippen LogP contribution in [0.2, 0.25) is 0 Å². The van der Waals surface area contributed by atoms with Gasteiger partial charge in [0.2, 0.25) is 0 Å². The normalized spacial score (nSPS) is 13.4. The van der Waals surface area contributed by atoms with Gasteiger partial charge >= 0.3 is 5.97 Å². The van der Waals surface area contributed by atoms with Crippen molar-refractivity contribution >= 4 is 17.8 Å². The van der Waals surface area contributed by atoms with Crippen molar-refractivity contribution in [1.29, 1.82) is 0 Å². The summed E-state index contributed by atoms with van der Waals surface area (Å²) in [6.45, 7) is 0.142. The van der Waals surface area contributed by atoms with Gasteiger partial charge in [-0.25, -0.2) is 0 Å². The molecule has 0 aliphatic carbocycles. The van der Waals surface area contributed by atoms with Crippen molar-refractivity contribution in [2.75, 3.05) is 6.61 Å². The monoisotopic (exact) mass is 218 g/mol. The first-order chi connectivity index (χ1) is 7.66. The summed E-state index contributed by atoms with van der Waals surface area (Å²) in [4.78, 5) is 21.9. The molecule has 1 aromatic carbocycles. The molecule has 82 valence electrons. The number of Topliss-reactive ketones (excluding diaryl/α,β-unsaturated/α-hetero) is 1. The lowest BCUT2D eigenvalue weighted by molar-refractivity contribution is -0.139. The number of para-hydroxylation sites is 1. The molecule has 4 heteroatoms. The van der Waals surface area contributed by atoms with E-state index >= 15 is 0 Å². The minimum absolute atomic E-state index is 0.142. The Morgan fingerprint density at radius 2 is 2.06 bits per heavy atom. The van der Waals surface area contributed by atoms with E-state index in [9.17, 15) is 9.59 Å². The van der Waals surface area contributed by atoms with Crippen molar-refractivity contribution in [3.05, 3.63) is 35.4 Å². The van der Waals surface area contributed by atoms with E-state index in [1.807, 2.05) is 24.3 Å². The van der Waals surface area contributed by atoms with E-state index in [0.717, 1.165) is 11.3 Å². The van der Waals surface area contributed by atoms with Gasteiger partial charge in [-0.2, -0.15) is 0 Å². The molecule has 0 aromatic heterocycles. The van der Waals surface area contributed by atoms with E-state index in [4.69, 9.17) is 9.84 Å². The quantitative estimate of drug-likeness (QED) is 0.781. The summed E-state index contributed by atoms with van der Waals surface area (Å²) >= 11 is 0. The zero-order chi connectivity index (χ0) is 11.5. The average molecular weight is 218 g/mol. The zero-order valence-electron chi connectivity index (χ0n) is 8.47. The molecule has 0 fully saturated rings. The van der Waals surface area contributed by atoms with Gasteiger partial charge in [-0.15, -0.1) is 0 Å². The van der Waals surface area contributed by atoms with Crippen LogP contribution in [-0.4, -0.2) is 23.5 Å². The molecule has 16 heavy (non-hydrogen) atoms. The number of ether oxygens (including phenoxy) is 1. The third-order valence-electron chi connectivity index (χ3n) is 2.30. The Hall–Kier alpha value is -2.10. The molecule has 4 nitrogen and oxygen atoms in total. The van der Waals surface area contributed by atoms with Crippen LogP contribution in [0.25, 0.3) is 6.08 Å². The lowest BCUT2D eigenvalue weighted by Crippen LogP contribution is -2.17. The number of aliphatic carboxylic acids is 1. The lowest BCUT2D eigenvalue weighted by atomic mass is 10.0. The molecule has 1 aliphatic rings. The third kappa shape index (κ3) is 2.11. The number of benzene rings is 1. The number of hydrogen-bond acceptors (Lipinski definition) is 3. The van der Waals surface area contributed by atoms with Crippen LogP contribution in [0.4, 0.5) is 0 Å². The second kappa shape index (κ2) is 4.18. The fourth-order valence-electron chi connectivity index (χ4n) is 1.53. The highest BCUT2D eigenvalue weighted by Gasteiger charge is 2.18. The van der Waals surface area contributed by atoms with Gasteiger partial charge in [0.25, 0.3) is 0 Å². The molecule has 0 saturated carbocycles. The van der Waals surface area contributed by atoms with Gasteiger partial charge < -0.3 is 9.84 Å². The van der Waals surface area contributed by atoms with Crippen molar-refractivity contribution in [2.24, 2.45) is 0 Å². The highest BCUT2D eigenvalue weighted by Crippen LogP contribution is 2.26. The van der Waals surface area contributed by atoms with Crippen LogP contribution >= 0.6 is 0 Å². The molecule has 0 saturated heterocycles. The van der Waals surface area contributed by atoms with Crippen LogP contribution in [0.15, 0.2) is 29.8 Å². The molecule has 0 radical (unpaired) electrons. The van der Waals surface area contributed by atoms with Crippen molar-refractivity contribution in [3.63, 3.8) is 0 Å². The van der Waals surface area contributed by atoms with Gasteiger partial charge in [0.05, 0.1) is 0 Å². The summed E-state index contributed by atoms with van der Waals surface area (Å²) in [6, 6.07) is 7.31. The Kier molecular flexibility index (Phi) is 2.72. The van der Waals surface area contributed by atoms with Crippen molar-refractivity contribution in [1.82, 2.24) is 0 Å². The summed E-state index contributed by atoms with van der Waals surface area (Å²) in [5.74, 6) is -0.805. The van der Waals surface area contributed by atoms with Gasteiger partial charge in [0.1, 0.15) is 18.8 Å². The van der Waals surface area contributed by atoms with Crippen molar-refractivity contribution in [2.45, 2.75) is 6.42 Å². The van der Waals surface area contributed by atoms with Gasteiger partial charge in [-0.3, -0.25) is 9.59 Å². The number of ketones is 1. The van der Waals surface area contributed by atoms with Crippen LogP contribution in [0.3, 0.4) is 0 Å². The van der Waals surface area contributed by atoms with Gasteiger partial charge in [-0.05, 0) is 12.1 Å². The molecule has 0 spiro atoms. The Morgan fingerprint density at radius 3 is 2.81 bits per heavy atom. The predicted octanol–water partition coefficient (Wildman–Crippen LogP) is 1.51. The number of carboxylic acid groups (broad SMARTS) is 1. The summed E-state index contributed by atoms with van der Waals surface area (Å²) in [6.07, 6.45) is 1.20. The Bertz CT molecular complexity index is 474. The SMILES string of the molecule is O=C(O)CC(=O)C1=Cc2ccccc2OC1. The molecule has 0 unspecified atom stereocenters. The standard InChI is InChI=1S/C12H10O4/c13-10(6-12(14)15)9-5-8-3-1-2-4-11(8)16-7-9/h1-5H,6-7H2,(H,14,15). The zero-order valence-corrected chi connectivity index (χ0v) is 8.47. The summed E-state index contributed by atoms with van der Waals surface area (Å²) < 4.78 is 5.36. The van der Waals surface area contributed by atoms with Crippen LogP contribution in [-0.2, 0) is 9.59 Å². The second-order valence-electron chi connectivity index (χ2n) is 3.49. The highest BCUT2D eigenvalue weighted by atomic mass is 16.5. The smallest absolute Gasteiger partial charge is 0.311 e. The van der Waals surface area contributed by atoms with E-state index in [-0.39, 0.29) is 6.61 Å². The highest BCUT2D eigenvalue weighted by molar-refractivity contribution is 6.08. The number of carbonyl (C=O) groups excluding carboxylic acids is 1. The number of carboxylic acids is 1.